The number of amides is 1. The van der Waals surface area contributed by atoms with Gasteiger partial charge < -0.3 is 5.32 Å². The molecular weight excluding hydrogens is 266 g/mol. The van der Waals surface area contributed by atoms with Crippen molar-refractivity contribution in [3.63, 3.8) is 0 Å². The van der Waals surface area contributed by atoms with E-state index < -0.39 is 0 Å². The van der Waals surface area contributed by atoms with E-state index in [2.05, 4.69) is 21.2 Å². The van der Waals surface area contributed by atoms with Crippen molar-refractivity contribution in [2.75, 3.05) is 6.54 Å². The summed E-state index contributed by atoms with van der Waals surface area (Å²) in [5.74, 6) is -0.0312. The van der Waals surface area contributed by atoms with Crippen LogP contribution in [-0.2, 0) is 0 Å². The van der Waals surface area contributed by atoms with Gasteiger partial charge in [0, 0.05) is 16.6 Å². The van der Waals surface area contributed by atoms with Crippen LogP contribution in [0.25, 0.3) is 0 Å². The Morgan fingerprint density at radius 2 is 2.12 bits per heavy atom. The monoisotopic (exact) mass is 281 g/mol. The number of carbonyl (C=O) groups is 1. The summed E-state index contributed by atoms with van der Waals surface area (Å²) in [5.41, 5.74) is 2.89. The number of benzene rings is 1. The summed E-state index contributed by atoms with van der Waals surface area (Å²) < 4.78 is 0.961. The highest BCUT2D eigenvalue weighted by Crippen LogP contribution is 2.19. The lowest BCUT2D eigenvalue weighted by Crippen LogP contribution is -2.24. The van der Waals surface area contributed by atoms with Crippen LogP contribution in [0.15, 0.2) is 34.3 Å². The summed E-state index contributed by atoms with van der Waals surface area (Å²) in [4.78, 5) is 11.8. The minimum Gasteiger partial charge on any atom is -0.349 e. The first-order valence-corrected chi connectivity index (χ1v) is 5.98. The van der Waals surface area contributed by atoms with Gasteiger partial charge in [-0.15, -0.1) is 0 Å². The highest BCUT2D eigenvalue weighted by Gasteiger charge is 2.08. The van der Waals surface area contributed by atoms with Crippen LogP contribution in [-0.4, -0.2) is 12.5 Å². The molecule has 0 fully saturated rings. The van der Waals surface area contributed by atoms with E-state index in [1.165, 1.54) is 5.57 Å². The van der Waals surface area contributed by atoms with Crippen LogP contribution < -0.4 is 5.32 Å². The first kappa shape index (κ1) is 13.0. The molecule has 0 heterocycles. The van der Waals surface area contributed by atoms with Gasteiger partial charge in [-0.1, -0.05) is 33.6 Å². The third-order valence-electron chi connectivity index (χ3n) is 2.29. The van der Waals surface area contributed by atoms with Gasteiger partial charge in [0.05, 0.1) is 0 Å². The van der Waals surface area contributed by atoms with Gasteiger partial charge in [0.15, 0.2) is 0 Å². The number of rotatable bonds is 3. The third-order valence-corrected chi connectivity index (χ3v) is 3.14. The Morgan fingerprint density at radius 1 is 1.44 bits per heavy atom. The quantitative estimate of drug-likeness (QED) is 0.845. The van der Waals surface area contributed by atoms with Gasteiger partial charge in [-0.05, 0) is 38.5 Å². The lowest BCUT2D eigenvalue weighted by Gasteiger charge is -2.07. The van der Waals surface area contributed by atoms with Crippen LogP contribution in [0.3, 0.4) is 0 Å². The smallest absolute Gasteiger partial charge is 0.251 e. The number of carbonyl (C=O) groups excluding carboxylic acids is 1. The van der Waals surface area contributed by atoms with E-state index in [-0.39, 0.29) is 5.91 Å². The van der Waals surface area contributed by atoms with Crippen LogP contribution in [0.1, 0.15) is 29.8 Å². The maximum Gasteiger partial charge on any atom is 0.251 e. The third kappa shape index (κ3) is 3.49. The van der Waals surface area contributed by atoms with Gasteiger partial charge >= 0.3 is 0 Å². The van der Waals surface area contributed by atoms with Crippen LogP contribution >= 0.6 is 15.9 Å². The van der Waals surface area contributed by atoms with Gasteiger partial charge in [-0.2, -0.15) is 0 Å². The van der Waals surface area contributed by atoms with E-state index in [0.29, 0.717) is 6.54 Å². The molecule has 0 radical (unpaired) electrons. The summed E-state index contributed by atoms with van der Waals surface area (Å²) in [6.45, 7) is 6.53. The molecule has 86 valence electrons. The SMILES string of the molecule is CC(C)=CCNC(=O)c1cccc(Br)c1C. The first-order valence-electron chi connectivity index (χ1n) is 5.19. The van der Waals surface area contributed by atoms with Crippen molar-refractivity contribution in [3.8, 4) is 0 Å². The molecule has 0 saturated heterocycles. The molecule has 1 rings (SSSR count). The standard InChI is InChI=1S/C13H16BrNO/c1-9(2)7-8-15-13(16)11-5-4-6-12(14)10(11)3/h4-7H,8H2,1-3H3,(H,15,16). The largest absolute Gasteiger partial charge is 0.349 e. The fourth-order valence-electron chi connectivity index (χ4n) is 1.30. The minimum absolute atomic E-state index is 0.0312. The molecule has 3 heteroatoms. The molecule has 1 amide bonds. The molecule has 1 N–H and O–H groups in total. The zero-order valence-electron chi connectivity index (χ0n) is 9.80. The molecule has 0 atom stereocenters. The number of nitrogens with one attached hydrogen (secondary N) is 1. The van der Waals surface area contributed by atoms with Crippen LogP contribution in [0.5, 0.6) is 0 Å². The molecule has 0 aliphatic rings. The maximum absolute atomic E-state index is 11.8. The Kier molecular flexibility index (Phi) is 4.74. The van der Waals surface area contributed by atoms with E-state index in [1.807, 2.05) is 45.0 Å². The Labute approximate surface area is 105 Å². The van der Waals surface area contributed by atoms with Crippen LogP contribution in [0.2, 0.25) is 0 Å². The Bertz CT molecular complexity index is 420. The topological polar surface area (TPSA) is 29.1 Å². The highest BCUT2D eigenvalue weighted by molar-refractivity contribution is 9.10. The molecule has 0 unspecified atom stereocenters. The summed E-state index contributed by atoms with van der Waals surface area (Å²) in [5, 5.41) is 2.86. The molecule has 0 bridgehead atoms. The normalized spacial score (nSPS) is 9.75. The molecule has 2 nitrogen and oxygen atoms in total. The molecule has 0 saturated carbocycles. The molecule has 1 aromatic carbocycles. The van der Waals surface area contributed by atoms with Gasteiger partial charge in [-0.25, -0.2) is 0 Å². The van der Waals surface area contributed by atoms with Gasteiger partial charge in [0.25, 0.3) is 5.91 Å². The average molecular weight is 282 g/mol. The van der Waals surface area contributed by atoms with E-state index in [1.54, 1.807) is 0 Å². The van der Waals surface area contributed by atoms with E-state index in [9.17, 15) is 4.79 Å². The Morgan fingerprint density at radius 3 is 2.75 bits per heavy atom. The zero-order chi connectivity index (χ0) is 12.1. The highest BCUT2D eigenvalue weighted by atomic mass is 79.9. The number of hydrogen-bond donors (Lipinski definition) is 1. The summed E-state index contributed by atoms with van der Waals surface area (Å²) in [6.07, 6.45) is 1.99. The minimum atomic E-state index is -0.0312. The second-order valence-electron chi connectivity index (χ2n) is 3.90. The molecule has 16 heavy (non-hydrogen) atoms. The predicted octanol–water partition coefficient (Wildman–Crippen LogP) is 3.45. The molecule has 0 aliphatic heterocycles. The van der Waals surface area contributed by atoms with Crippen molar-refractivity contribution in [1.29, 1.82) is 0 Å². The lowest BCUT2D eigenvalue weighted by atomic mass is 10.1. The van der Waals surface area contributed by atoms with Gasteiger partial charge in [-0.3, -0.25) is 4.79 Å². The summed E-state index contributed by atoms with van der Waals surface area (Å²) in [7, 11) is 0. The second kappa shape index (κ2) is 5.85. The molecule has 0 aromatic heterocycles. The number of halogens is 1. The fourth-order valence-corrected chi connectivity index (χ4v) is 1.66. The van der Waals surface area contributed by atoms with Gasteiger partial charge in [0.2, 0.25) is 0 Å². The first-order chi connectivity index (χ1) is 7.52. The zero-order valence-corrected chi connectivity index (χ0v) is 11.4. The van der Waals surface area contributed by atoms with Crippen molar-refractivity contribution in [3.05, 3.63) is 45.4 Å². The van der Waals surface area contributed by atoms with Crippen LogP contribution in [0.4, 0.5) is 0 Å². The summed E-state index contributed by atoms with van der Waals surface area (Å²) >= 11 is 3.41. The van der Waals surface area contributed by atoms with E-state index in [4.69, 9.17) is 0 Å². The van der Waals surface area contributed by atoms with E-state index >= 15 is 0 Å². The predicted molar refractivity (Wildman–Crippen MR) is 70.6 cm³/mol. The molecular formula is C13H16BrNO. The van der Waals surface area contributed by atoms with Crippen molar-refractivity contribution in [2.24, 2.45) is 0 Å². The molecule has 1 aromatic rings. The molecule has 0 aliphatic carbocycles. The van der Waals surface area contributed by atoms with Crippen molar-refractivity contribution < 1.29 is 4.79 Å². The van der Waals surface area contributed by atoms with Crippen LogP contribution in [0, 0.1) is 6.92 Å². The van der Waals surface area contributed by atoms with Crippen molar-refractivity contribution in [2.45, 2.75) is 20.8 Å². The fraction of sp³-hybridized carbons (Fsp3) is 0.308. The van der Waals surface area contributed by atoms with Crippen molar-refractivity contribution >= 4 is 21.8 Å². The lowest BCUT2D eigenvalue weighted by molar-refractivity contribution is 0.0957. The Balaban J connectivity index is 2.74. The number of allylic oxidation sites excluding steroid dienone is 1. The van der Waals surface area contributed by atoms with Crippen molar-refractivity contribution in [1.82, 2.24) is 5.32 Å². The van der Waals surface area contributed by atoms with Gasteiger partial charge in [0.1, 0.15) is 0 Å². The molecule has 0 spiro atoms. The van der Waals surface area contributed by atoms with E-state index in [0.717, 1.165) is 15.6 Å². The summed E-state index contributed by atoms with van der Waals surface area (Å²) in [6, 6.07) is 5.63. The maximum atomic E-state index is 11.8. The average Bonchev–Trinajstić information content (AvgIpc) is 2.21. The second-order valence-corrected chi connectivity index (χ2v) is 4.76. The Hall–Kier alpha value is -1.09. The number of hydrogen-bond acceptors (Lipinski definition) is 1.